The Morgan fingerprint density at radius 3 is 2.67 bits per heavy atom. The number of amides is 2. The SMILES string of the molecule is CSC1(CNC(=O)Nc2cc(Cl)ccc2C(=O)O)CCC1. The molecule has 1 fully saturated rings. The summed E-state index contributed by atoms with van der Waals surface area (Å²) in [5.74, 6) is -1.11. The molecule has 3 N–H and O–H groups in total. The predicted molar refractivity (Wildman–Crippen MR) is 85.5 cm³/mol. The van der Waals surface area contributed by atoms with Gasteiger partial charge in [-0.05, 0) is 37.3 Å². The first kappa shape index (κ1) is 16.0. The number of aromatic carboxylic acids is 1. The fraction of sp³-hybridized carbons (Fsp3) is 0.429. The van der Waals surface area contributed by atoms with Gasteiger partial charge in [-0.15, -0.1) is 0 Å². The van der Waals surface area contributed by atoms with Gasteiger partial charge in [-0.25, -0.2) is 9.59 Å². The lowest BCUT2D eigenvalue weighted by atomic mass is 9.84. The van der Waals surface area contributed by atoms with E-state index >= 15 is 0 Å². The Labute approximate surface area is 132 Å². The largest absolute Gasteiger partial charge is 0.478 e. The van der Waals surface area contributed by atoms with Crippen molar-refractivity contribution in [3.05, 3.63) is 28.8 Å². The summed E-state index contributed by atoms with van der Waals surface area (Å²) in [5, 5.41) is 14.8. The molecule has 1 aliphatic carbocycles. The van der Waals surface area contributed by atoms with E-state index in [2.05, 4.69) is 10.6 Å². The van der Waals surface area contributed by atoms with Crippen LogP contribution in [0.2, 0.25) is 5.02 Å². The molecular formula is C14H17ClN2O3S. The summed E-state index contributed by atoms with van der Waals surface area (Å²) in [5.41, 5.74) is 0.206. The first-order valence-corrected chi connectivity index (χ1v) is 8.19. The van der Waals surface area contributed by atoms with Gasteiger partial charge in [-0.2, -0.15) is 11.8 Å². The normalized spacial score (nSPS) is 15.9. The molecule has 0 atom stereocenters. The third kappa shape index (κ3) is 3.83. The highest BCUT2D eigenvalue weighted by molar-refractivity contribution is 8.00. The highest BCUT2D eigenvalue weighted by Gasteiger charge is 2.36. The van der Waals surface area contributed by atoms with E-state index in [0.717, 1.165) is 12.8 Å². The summed E-state index contributed by atoms with van der Waals surface area (Å²) in [6, 6.07) is 3.86. The van der Waals surface area contributed by atoms with Crippen LogP contribution < -0.4 is 10.6 Å². The molecule has 2 amide bonds. The van der Waals surface area contributed by atoms with Gasteiger partial charge in [0.15, 0.2) is 0 Å². The van der Waals surface area contributed by atoms with Gasteiger partial charge in [0.2, 0.25) is 0 Å². The maximum atomic E-state index is 11.9. The second-order valence-electron chi connectivity index (χ2n) is 5.04. The minimum Gasteiger partial charge on any atom is -0.478 e. The Hall–Kier alpha value is -1.40. The Bertz CT molecular complexity index is 556. The van der Waals surface area contributed by atoms with E-state index in [1.807, 2.05) is 6.26 Å². The lowest BCUT2D eigenvalue weighted by Gasteiger charge is -2.40. The summed E-state index contributed by atoms with van der Waals surface area (Å²) in [6.07, 6.45) is 5.40. The molecule has 0 saturated heterocycles. The molecule has 1 saturated carbocycles. The van der Waals surface area contributed by atoms with Gasteiger partial charge in [0, 0.05) is 16.3 Å². The number of carboxylic acid groups (broad SMARTS) is 1. The number of benzene rings is 1. The van der Waals surface area contributed by atoms with Crippen molar-refractivity contribution >= 4 is 41.1 Å². The van der Waals surface area contributed by atoms with Crippen molar-refractivity contribution in [2.75, 3.05) is 18.1 Å². The first-order valence-electron chi connectivity index (χ1n) is 6.59. The highest BCUT2D eigenvalue weighted by Crippen LogP contribution is 2.42. The average molecular weight is 329 g/mol. The van der Waals surface area contributed by atoms with Crippen LogP contribution in [0.15, 0.2) is 18.2 Å². The molecule has 5 nitrogen and oxygen atoms in total. The standard InChI is InChI=1S/C14H17ClN2O3S/c1-21-14(5-2-6-14)8-16-13(20)17-11-7-9(15)3-4-10(11)12(18)19/h3-4,7H,2,5-6,8H2,1H3,(H,18,19)(H2,16,17,20). The first-order chi connectivity index (χ1) is 9.96. The minimum absolute atomic E-state index is 0.0118. The second kappa shape index (κ2) is 6.58. The zero-order valence-electron chi connectivity index (χ0n) is 11.6. The van der Waals surface area contributed by atoms with Gasteiger partial charge in [-0.1, -0.05) is 18.0 Å². The van der Waals surface area contributed by atoms with E-state index in [4.69, 9.17) is 16.7 Å². The fourth-order valence-electron chi connectivity index (χ4n) is 2.24. The molecule has 0 radical (unpaired) electrons. The van der Waals surface area contributed by atoms with Crippen LogP contribution in [0.5, 0.6) is 0 Å². The molecule has 0 aliphatic heterocycles. The molecule has 0 heterocycles. The number of hydrogen-bond donors (Lipinski definition) is 3. The van der Waals surface area contributed by atoms with E-state index in [-0.39, 0.29) is 16.0 Å². The number of nitrogens with one attached hydrogen (secondary N) is 2. The van der Waals surface area contributed by atoms with Gasteiger partial charge in [0.25, 0.3) is 0 Å². The minimum atomic E-state index is -1.11. The predicted octanol–water partition coefficient (Wildman–Crippen LogP) is 3.45. The molecule has 0 unspecified atom stereocenters. The smallest absolute Gasteiger partial charge is 0.337 e. The molecule has 7 heteroatoms. The van der Waals surface area contributed by atoms with E-state index in [1.54, 1.807) is 11.8 Å². The van der Waals surface area contributed by atoms with Crippen LogP contribution in [0.1, 0.15) is 29.6 Å². The van der Waals surface area contributed by atoms with E-state index < -0.39 is 12.0 Å². The summed E-state index contributed by atoms with van der Waals surface area (Å²) in [4.78, 5) is 23.0. The van der Waals surface area contributed by atoms with Gasteiger partial charge in [0.1, 0.15) is 0 Å². The number of anilines is 1. The van der Waals surface area contributed by atoms with Crippen LogP contribution in [0, 0.1) is 0 Å². The lowest BCUT2D eigenvalue weighted by molar-refractivity contribution is 0.0698. The van der Waals surface area contributed by atoms with Crippen LogP contribution in [0.4, 0.5) is 10.5 Å². The average Bonchev–Trinajstić information content (AvgIpc) is 2.37. The molecule has 21 heavy (non-hydrogen) atoms. The topological polar surface area (TPSA) is 78.4 Å². The molecule has 0 spiro atoms. The summed E-state index contributed by atoms with van der Waals surface area (Å²) >= 11 is 7.60. The molecule has 2 rings (SSSR count). The van der Waals surface area contributed by atoms with E-state index in [1.165, 1.54) is 24.6 Å². The summed E-state index contributed by atoms with van der Waals surface area (Å²) < 4.78 is 0.126. The number of halogens is 1. The van der Waals surface area contributed by atoms with Crippen LogP contribution in [-0.4, -0.2) is 34.7 Å². The third-order valence-corrected chi connectivity index (χ3v) is 5.38. The van der Waals surface area contributed by atoms with Gasteiger partial charge in [0.05, 0.1) is 11.3 Å². The molecule has 1 aromatic carbocycles. The van der Waals surface area contributed by atoms with Gasteiger partial charge >= 0.3 is 12.0 Å². The van der Waals surface area contributed by atoms with Crippen molar-refractivity contribution in [3.8, 4) is 0 Å². The van der Waals surface area contributed by atoms with Crippen molar-refractivity contribution in [2.45, 2.75) is 24.0 Å². The Balaban J connectivity index is 1.99. The molecule has 114 valence electrons. The van der Waals surface area contributed by atoms with Crippen molar-refractivity contribution in [3.63, 3.8) is 0 Å². The molecule has 0 aromatic heterocycles. The quantitative estimate of drug-likeness (QED) is 0.773. The maximum Gasteiger partial charge on any atom is 0.337 e. The highest BCUT2D eigenvalue weighted by atomic mass is 35.5. The van der Waals surface area contributed by atoms with Crippen LogP contribution >= 0.6 is 23.4 Å². The fourth-order valence-corrected chi connectivity index (χ4v) is 3.32. The van der Waals surface area contributed by atoms with Crippen LogP contribution in [0.25, 0.3) is 0 Å². The van der Waals surface area contributed by atoms with Crippen LogP contribution in [-0.2, 0) is 0 Å². The van der Waals surface area contributed by atoms with E-state index in [0.29, 0.717) is 11.6 Å². The Morgan fingerprint density at radius 2 is 2.14 bits per heavy atom. The number of carbonyl (C=O) groups is 2. The van der Waals surface area contributed by atoms with Crippen molar-refractivity contribution < 1.29 is 14.7 Å². The molecule has 0 bridgehead atoms. The summed E-state index contributed by atoms with van der Waals surface area (Å²) in [7, 11) is 0. The Kier molecular flexibility index (Phi) is 5.00. The van der Waals surface area contributed by atoms with Crippen molar-refractivity contribution in [2.24, 2.45) is 0 Å². The second-order valence-corrected chi connectivity index (χ2v) is 6.75. The van der Waals surface area contributed by atoms with Crippen LogP contribution in [0.3, 0.4) is 0 Å². The van der Waals surface area contributed by atoms with Crippen molar-refractivity contribution in [1.29, 1.82) is 0 Å². The summed E-state index contributed by atoms with van der Waals surface area (Å²) in [6.45, 7) is 0.572. The monoisotopic (exact) mass is 328 g/mol. The molecular weight excluding hydrogens is 312 g/mol. The van der Waals surface area contributed by atoms with Gasteiger partial charge in [-0.3, -0.25) is 0 Å². The number of carboxylic acids is 1. The van der Waals surface area contributed by atoms with E-state index in [9.17, 15) is 9.59 Å². The zero-order chi connectivity index (χ0) is 15.5. The molecule has 1 aromatic rings. The van der Waals surface area contributed by atoms with Gasteiger partial charge < -0.3 is 15.7 Å². The number of rotatable bonds is 5. The lowest BCUT2D eigenvalue weighted by Crippen LogP contribution is -2.46. The third-order valence-electron chi connectivity index (χ3n) is 3.73. The molecule has 1 aliphatic rings. The zero-order valence-corrected chi connectivity index (χ0v) is 13.2. The number of thioether (sulfide) groups is 1. The van der Waals surface area contributed by atoms with Crippen molar-refractivity contribution in [1.82, 2.24) is 5.32 Å². The maximum absolute atomic E-state index is 11.9. The number of urea groups is 1. The number of carbonyl (C=O) groups excluding carboxylic acids is 1. The Morgan fingerprint density at radius 1 is 1.43 bits per heavy atom. The number of hydrogen-bond acceptors (Lipinski definition) is 3.